The Bertz CT molecular complexity index is 527. The Labute approximate surface area is 124 Å². The van der Waals surface area contributed by atoms with Crippen molar-refractivity contribution in [3.63, 3.8) is 0 Å². The highest BCUT2D eigenvalue weighted by molar-refractivity contribution is 5.80. The number of carbonyl (C=O) groups is 1. The summed E-state index contributed by atoms with van der Waals surface area (Å²) in [5.41, 5.74) is 0.544. The van der Waals surface area contributed by atoms with Crippen LogP contribution in [0.1, 0.15) is 5.56 Å². The van der Waals surface area contributed by atoms with Gasteiger partial charge in [0.2, 0.25) is 5.91 Å². The van der Waals surface area contributed by atoms with E-state index >= 15 is 0 Å². The predicted molar refractivity (Wildman–Crippen MR) is 76.9 cm³/mol. The number of rotatable bonds is 5. The van der Waals surface area contributed by atoms with Gasteiger partial charge in [0.15, 0.2) is 0 Å². The standard InChI is InChI=1S/C16H21NO4/c1-21-14-5-3-2-4-11(14)6-15(20)17-7-12-13(8-17)16(12,9-18)10-19/h2-5,12-13,18-19H,6-10H2,1H3. The molecule has 2 aliphatic rings. The van der Waals surface area contributed by atoms with Crippen LogP contribution in [0, 0.1) is 17.3 Å². The molecular formula is C16H21NO4. The third-order valence-corrected chi connectivity index (χ3v) is 5.16. The van der Waals surface area contributed by atoms with Gasteiger partial charge in [-0.3, -0.25) is 4.79 Å². The lowest BCUT2D eigenvalue weighted by molar-refractivity contribution is -0.130. The van der Waals surface area contributed by atoms with Crippen molar-refractivity contribution in [3.8, 4) is 5.75 Å². The second-order valence-corrected chi connectivity index (χ2v) is 6.05. The first-order valence-electron chi connectivity index (χ1n) is 7.27. The first-order valence-corrected chi connectivity index (χ1v) is 7.27. The van der Waals surface area contributed by atoms with Crippen molar-refractivity contribution in [1.82, 2.24) is 4.90 Å². The smallest absolute Gasteiger partial charge is 0.227 e. The Morgan fingerprint density at radius 3 is 2.48 bits per heavy atom. The number of fused-ring (bicyclic) bond motifs is 1. The largest absolute Gasteiger partial charge is 0.496 e. The number of hydrogen-bond acceptors (Lipinski definition) is 4. The molecular weight excluding hydrogens is 270 g/mol. The van der Waals surface area contributed by atoms with E-state index in [0.717, 1.165) is 11.3 Å². The number of piperidine rings is 1. The zero-order chi connectivity index (χ0) is 15.0. The Morgan fingerprint density at radius 2 is 1.90 bits per heavy atom. The molecule has 2 fully saturated rings. The second kappa shape index (κ2) is 5.31. The summed E-state index contributed by atoms with van der Waals surface area (Å²) in [5, 5.41) is 18.8. The van der Waals surface area contributed by atoms with Crippen LogP contribution in [0.15, 0.2) is 24.3 Å². The zero-order valence-corrected chi connectivity index (χ0v) is 12.2. The number of hydrogen-bond donors (Lipinski definition) is 2. The van der Waals surface area contributed by atoms with Crippen LogP contribution >= 0.6 is 0 Å². The van der Waals surface area contributed by atoms with E-state index in [4.69, 9.17) is 4.74 Å². The Balaban J connectivity index is 1.62. The summed E-state index contributed by atoms with van der Waals surface area (Å²) in [6.45, 7) is 1.29. The number of ether oxygens (including phenoxy) is 1. The molecule has 1 aromatic carbocycles. The summed E-state index contributed by atoms with van der Waals surface area (Å²) in [7, 11) is 1.60. The van der Waals surface area contributed by atoms with Crippen LogP contribution in [0.25, 0.3) is 0 Å². The van der Waals surface area contributed by atoms with Crippen LogP contribution in [0.4, 0.5) is 0 Å². The third-order valence-electron chi connectivity index (χ3n) is 5.16. The van der Waals surface area contributed by atoms with Gasteiger partial charge in [-0.25, -0.2) is 0 Å². The van der Waals surface area contributed by atoms with Crippen molar-refractivity contribution in [2.75, 3.05) is 33.4 Å². The first kappa shape index (κ1) is 14.4. The van der Waals surface area contributed by atoms with Crippen LogP contribution in [-0.2, 0) is 11.2 Å². The van der Waals surface area contributed by atoms with Gasteiger partial charge in [0.25, 0.3) is 0 Å². The molecule has 1 aliphatic heterocycles. The maximum Gasteiger partial charge on any atom is 0.227 e. The Hall–Kier alpha value is -1.59. The summed E-state index contributed by atoms with van der Waals surface area (Å²) in [6.07, 6.45) is 0.328. The second-order valence-electron chi connectivity index (χ2n) is 6.05. The van der Waals surface area contributed by atoms with E-state index in [-0.39, 0.29) is 36.4 Å². The molecule has 3 rings (SSSR count). The summed E-state index contributed by atoms with van der Waals surface area (Å²) in [4.78, 5) is 14.2. The number of aliphatic hydroxyl groups is 2. The molecule has 0 bridgehead atoms. The van der Waals surface area contributed by atoms with Crippen molar-refractivity contribution >= 4 is 5.91 Å². The van der Waals surface area contributed by atoms with Crippen molar-refractivity contribution in [3.05, 3.63) is 29.8 Å². The van der Waals surface area contributed by atoms with E-state index in [2.05, 4.69) is 0 Å². The summed E-state index contributed by atoms with van der Waals surface area (Å²) < 4.78 is 5.27. The fraction of sp³-hybridized carbons (Fsp3) is 0.562. The van der Waals surface area contributed by atoms with Gasteiger partial charge in [0, 0.05) is 24.1 Å². The fourth-order valence-electron chi connectivity index (χ4n) is 3.68. The minimum Gasteiger partial charge on any atom is -0.496 e. The van der Waals surface area contributed by atoms with Crippen LogP contribution in [0.2, 0.25) is 0 Å². The topological polar surface area (TPSA) is 70.0 Å². The lowest BCUT2D eigenvalue weighted by Crippen LogP contribution is -2.37. The molecule has 1 saturated heterocycles. The molecule has 1 heterocycles. The summed E-state index contributed by atoms with van der Waals surface area (Å²) in [5.74, 6) is 1.30. The highest BCUT2D eigenvalue weighted by atomic mass is 16.5. The SMILES string of the molecule is COc1ccccc1CC(=O)N1CC2C(C1)C2(CO)CO. The van der Waals surface area contributed by atoms with Crippen LogP contribution in [0.5, 0.6) is 5.75 Å². The molecule has 5 heteroatoms. The van der Waals surface area contributed by atoms with Crippen LogP contribution < -0.4 is 4.74 Å². The van der Waals surface area contributed by atoms with Crippen molar-refractivity contribution in [1.29, 1.82) is 0 Å². The minimum atomic E-state index is -0.346. The molecule has 1 amide bonds. The fourth-order valence-corrected chi connectivity index (χ4v) is 3.68. The predicted octanol–water partition coefficient (Wildman–Crippen LogP) is 0.297. The van der Waals surface area contributed by atoms with Gasteiger partial charge >= 0.3 is 0 Å². The van der Waals surface area contributed by atoms with Gasteiger partial charge < -0.3 is 19.8 Å². The number of methoxy groups -OCH3 is 1. The summed E-state index contributed by atoms with van der Waals surface area (Å²) in [6, 6.07) is 7.54. The highest BCUT2D eigenvalue weighted by Crippen LogP contribution is 2.62. The molecule has 2 N–H and O–H groups in total. The molecule has 21 heavy (non-hydrogen) atoms. The third kappa shape index (κ3) is 2.21. The molecule has 2 atom stereocenters. The quantitative estimate of drug-likeness (QED) is 0.818. The molecule has 1 saturated carbocycles. The van der Waals surface area contributed by atoms with E-state index < -0.39 is 0 Å². The van der Waals surface area contributed by atoms with Gasteiger partial charge in [-0.2, -0.15) is 0 Å². The Kier molecular flexibility index (Phi) is 3.63. The molecule has 5 nitrogen and oxygen atoms in total. The number of para-hydroxylation sites is 1. The number of aliphatic hydroxyl groups excluding tert-OH is 2. The maximum atomic E-state index is 12.4. The molecule has 0 radical (unpaired) electrons. The minimum absolute atomic E-state index is 0.00731. The van der Waals surface area contributed by atoms with Crippen molar-refractivity contribution < 1.29 is 19.7 Å². The van der Waals surface area contributed by atoms with E-state index in [1.54, 1.807) is 7.11 Å². The average molecular weight is 291 g/mol. The molecule has 1 aliphatic carbocycles. The normalized spacial score (nSPS) is 25.6. The number of carbonyl (C=O) groups excluding carboxylic acids is 1. The highest BCUT2D eigenvalue weighted by Gasteiger charge is 2.67. The molecule has 114 valence electrons. The number of benzene rings is 1. The number of nitrogens with zero attached hydrogens (tertiary/aromatic N) is 1. The van der Waals surface area contributed by atoms with Gasteiger partial charge in [-0.1, -0.05) is 18.2 Å². The lowest BCUT2D eigenvalue weighted by atomic mass is 10.0. The zero-order valence-electron chi connectivity index (χ0n) is 12.2. The van der Waals surface area contributed by atoms with E-state index in [0.29, 0.717) is 19.5 Å². The Morgan fingerprint density at radius 1 is 1.29 bits per heavy atom. The van der Waals surface area contributed by atoms with E-state index in [1.807, 2.05) is 29.2 Å². The van der Waals surface area contributed by atoms with E-state index in [9.17, 15) is 15.0 Å². The first-order chi connectivity index (χ1) is 10.2. The van der Waals surface area contributed by atoms with Crippen molar-refractivity contribution in [2.45, 2.75) is 6.42 Å². The van der Waals surface area contributed by atoms with Gasteiger partial charge in [-0.15, -0.1) is 0 Å². The monoisotopic (exact) mass is 291 g/mol. The molecule has 1 aromatic rings. The van der Waals surface area contributed by atoms with Crippen LogP contribution in [-0.4, -0.2) is 54.4 Å². The van der Waals surface area contributed by atoms with Crippen LogP contribution in [0.3, 0.4) is 0 Å². The lowest BCUT2D eigenvalue weighted by Gasteiger charge is -2.24. The number of likely N-dealkylation sites (tertiary alicyclic amines) is 1. The van der Waals surface area contributed by atoms with Gasteiger partial charge in [0.1, 0.15) is 5.75 Å². The summed E-state index contributed by atoms with van der Waals surface area (Å²) >= 11 is 0. The van der Waals surface area contributed by atoms with Gasteiger partial charge in [0.05, 0.1) is 26.7 Å². The molecule has 0 aromatic heterocycles. The molecule has 0 spiro atoms. The number of amides is 1. The maximum absolute atomic E-state index is 12.4. The molecule has 2 unspecified atom stereocenters. The van der Waals surface area contributed by atoms with Crippen molar-refractivity contribution in [2.24, 2.45) is 17.3 Å². The average Bonchev–Trinajstić information content (AvgIpc) is 2.88. The van der Waals surface area contributed by atoms with E-state index in [1.165, 1.54) is 0 Å². The van der Waals surface area contributed by atoms with Gasteiger partial charge in [-0.05, 0) is 17.9 Å².